The van der Waals surface area contributed by atoms with Crippen molar-refractivity contribution in [2.75, 3.05) is 24.7 Å². The summed E-state index contributed by atoms with van der Waals surface area (Å²) in [6, 6.07) is 16.4. The molecule has 0 radical (unpaired) electrons. The third kappa shape index (κ3) is 4.50. The molecule has 32 heavy (non-hydrogen) atoms. The number of hydrogen-bond donors (Lipinski definition) is 1. The van der Waals surface area contributed by atoms with Gasteiger partial charge in [0.15, 0.2) is 5.69 Å². The maximum Gasteiger partial charge on any atom is 0.253 e. The SMILES string of the molecule is Cc1cc(N2CCOCC2=O)ccc1-n1ccc(=O)c(C(C=CN)=Nc2ccccc2)n1. The second-order valence-corrected chi connectivity index (χ2v) is 7.23. The number of amides is 1. The van der Waals surface area contributed by atoms with Crippen LogP contribution in [0.3, 0.4) is 0 Å². The van der Waals surface area contributed by atoms with E-state index in [0.29, 0.717) is 24.6 Å². The van der Waals surface area contributed by atoms with Crippen molar-refractivity contribution in [3.05, 3.63) is 94.6 Å². The number of aryl methyl sites for hydroxylation is 1. The molecule has 2 N–H and O–H groups in total. The van der Waals surface area contributed by atoms with Gasteiger partial charge in [0.1, 0.15) is 6.61 Å². The standard InChI is InChI=1S/C24H23N5O3/c1-17-15-19(28-13-14-32-16-23(28)31)7-8-21(17)29-12-10-22(30)24(27-29)20(9-11-25)26-18-5-3-2-4-6-18/h2-12,15H,13-14,16,25H2,1H3. The van der Waals surface area contributed by atoms with Crippen LogP contribution in [0.25, 0.3) is 5.69 Å². The lowest BCUT2D eigenvalue weighted by atomic mass is 10.1. The molecule has 1 aliphatic rings. The van der Waals surface area contributed by atoms with Gasteiger partial charge in [-0.1, -0.05) is 18.2 Å². The van der Waals surface area contributed by atoms with Gasteiger partial charge in [-0.25, -0.2) is 9.67 Å². The smallest absolute Gasteiger partial charge is 0.253 e. The van der Waals surface area contributed by atoms with Crippen LogP contribution in [0.15, 0.2) is 82.9 Å². The molecule has 3 aromatic rings. The zero-order chi connectivity index (χ0) is 22.5. The van der Waals surface area contributed by atoms with Crippen LogP contribution >= 0.6 is 0 Å². The van der Waals surface area contributed by atoms with E-state index in [9.17, 15) is 9.59 Å². The van der Waals surface area contributed by atoms with E-state index in [1.807, 2.05) is 55.5 Å². The molecule has 0 atom stereocenters. The molecule has 1 aromatic heterocycles. The fourth-order valence-corrected chi connectivity index (χ4v) is 3.48. The van der Waals surface area contributed by atoms with Crippen LogP contribution in [0.1, 0.15) is 11.3 Å². The summed E-state index contributed by atoms with van der Waals surface area (Å²) in [6.07, 6.45) is 4.50. The number of carbonyl (C=O) groups is 1. The number of ether oxygens (including phenoxy) is 1. The molecule has 1 amide bonds. The van der Waals surface area contributed by atoms with Crippen LogP contribution < -0.4 is 16.1 Å². The Hall–Kier alpha value is -4.04. The Labute approximate surface area is 185 Å². The Morgan fingerprint density at radius 2 is 1.97 bits per heavy atom. The molecule has 0 saturated carbocycles. The van der Waals surface area contributed by atoms with Gasteiger partial charge >= 0.3 is 0 Å². The van der Waals surface area contributed by atoms with Crippen LogP contribution in [0.2, 0.25) is 0 Å². The Bertz CT molecular complexity index is 1250. The number of benzene rings is 2. The van der Waals surface area contributed by atoms with Gasteiger partial charge in [0.2, 0.25) is 5.43 Å². The second kappa shape index (κ2) is 9.40. The zero-order valence-electron chi connectivity index (χ0n) is 17.6. The summed E-state index contributed by atoms with van der Waals surface area (Å²) in [5.74, 6) is -0.0671. The first-order chi connectivity index (χ1) is 15.6. The number of allylic oxidation sites excluding steroid dienone is 1. The average Bonchev–Trinajstić information content (AvgIpc) is 2.80. The Morgan fingerprint density at radius 3 is 2.69 bits per heavy atom. The third-order valence-electron chi connectivity index (χ3n) is 5.04. The summed E-state index contributed by atoms with van der Waals surface area (Å²) >= 11 is 0. The van der Waals surface area contributed by atoms with Crippen molar-refractivity contribution >= 4 is 23.0 Å². The summed E-state index contributed by atoms with van der Waals surface area (Å²) in [4.78, 5) is 31.0. The largest absolute Gasteiger partial charge is 0.405 e. The fourth-order valence-electron chi connectivity index (χ4n) is 3.48. The third-order valence-corrected chi connectivity index (χ3v) is 5.04. The van der Waals surface area contributed by atoms with Gasteiger partial charge in [0.05, 0.1) is 23.7 Å². The molecule has 1 aliphatic heterocycles. The molecule has 2 aromatic carbocycles. The van der Waals surface area contributed by atoms with Crippen molar-refractivity contribution in [3.8, 4) is 5.69 Å². The van der Waals surface area contributed by atoms with E-state index in [1.165, 1.54) is 12.3 Å². The number of nitrogens with two attached hydrogens (primary N) is 1. The topological polar surface area (TPSA) is 103 Å². The van der Waals surface area contributed by atoms with Crippen molar-refractivity contribution in [1.29, 1.82) is 0 Å². The monoisotopic (exact) mass is 429 g/mol. The number of carbonyl (C=O) groups excluding carboxylic acids is 1. The van der Waals surface area contributed by atoms with Crippen LogP contribution in [0.5, 0.6) is 0 Å². The van der Waals surface area contributed by atoms with Gasteiger partial charge in [-0.3, -0.25) is 9.59 Å². The van der Waals surface area contributed by atoms with Gasteiger partial charge in [-0.2, -0.15) is 5.10 Å². The van der Waals surface area contributed by atoms with Crippen LogP contribution in [0, 0.1) is 6.92 Å². The molecule has 0 unspecified atom stereocenters. The Morgan fingerprint density at radius 1 is 1.16 bits per heavy atom. The molecular formula is C24H23N5O3. The highest BCUT2D eigenvalue weighted by molar-refractivity contribution is 6.08. The fraction of sp³-hybridized carbons (Fsp3) is 0.167. The van der Waals surface area contributed by atoms with E-state index in [1.54, 1.807) is 21.9 Å². The Balaban J connectivity index is 1.73. The summed E-state index contributed by atoms with van der Waals surface area (Å²) in [5.41, 5.74) is 9.07. The van der Waals surface area contributed by atoms with Gasteiger partial charge < -0.3 is 15.4 Å². The van der Waals surface area contributed by atoms with E-state index in [4.69, 9.17) is 10.5 Å². The lowest BCUT2D eigenvalue weighted by Crippen LogP contribution is -2.41. The predicted octanol–water partition coefficient (Wildman–Crippen LogP) is 2.50. The summed E-state index contributed by atoms with van der Waals surface area (Å²) in [7, 11) is 0. The van der Waals surface area contributed by atoms with Gasteiger partial charge in [-0.15, -0.1) is 0 Å². The zero-order valence-corrected chi connectivity index (χ0v) is 17.6. The number of rotatable bonds is 5. The minimum Gasteiger partial charge on any atom is -0.405 e. The lowest BCUT2D eigenvalue weighted by molar-refractivity contribution is -0.125. The number of nitrogens with zero attached hydrogens (tertiary/aromatic N) is 4. The molecule has 1 saturated heterocycles. The number of aromatic nitrogens is 2. The van der Waals surface area contributed by atoms with E-state index in [2.05, 4.69) is 10.1 Å². The first kappa shape index (κ1) is 21.2. The predicted molar refractivity (Wildman–Crippen MR) is 124 cm³/mol. The van der Waals surface area contributed by atoms with Crippen molar-refractivity contribution in [2.24, 2.45) is 10.7 Å². The molecule has 0 aliphatic carbocycles. The molecular weight excluding hydrogens is 406 g/mol. The normalized spacial score (nSPS) is 14.8. The highest BCUT2D eigenvalue weighted by Gasteiger charge is 2.21. The summed E-state index contributed by atoms with van der Waals surface area (Å²) < 4.78 is 6.83. The number of hydrogen-bond acceptors (Lipinski definition) is 6. The van der Waals surface area contributed by atoms with Crippen molar-refractivity contribution in [2.45, 2.75) is 6.92 Å². The molecule has 8 heteroatoms. The molecule has 4 rings (SSSR count). The van der Waals surface area contributed by atoms with Crippen molar-refractivity contribution in [3.63, 3.8) is 0 Å². The first-order valence-electron chi connectivity index (χ1n) is 10.2. The highest BCUT2D eigenvalue weighted by atomic mass is 16.5. The molecule has 162 valence electrons. The maximum atomic E-state index is 12.6. The van der Waals surface area contributed by atoms with Crippen molar-refractivity contribution in [1.82, 2.24) is 9.78 Å². The summed E-state index contributed by atoms with van der Waals surface area (Å²) in [5, 5.41) is 4.54. The van der Waals surface area contributed by atoms with Crippen LogP contribution in [0.4, 0.5) is 11.4 Å². The quantitative estimate of drug-likeness (QED) is 0.628. The number of para-hydroxylation sites is 1. The highest BCUT2D eigenvalue weighted by Crippen LogP contribution is 2.23. The average molecular weight is 429 g/mol. The lowest BCUT2D eigenvalue weighted by Gasteiger charge is -2.27. The second-order valence-electron chi connectivity index (χ2n) is 7.23. The van der Waals surface area contributed by atoms with E-state index in [0.717, 1.165) is 16.9 Å². The van der Waals surface area contributed by atoms with Gasteiger partial charge in [-0.05, 0) is 55.1 Å². The van der Waals surface area contributed by atoms with E-state index in [-0.39, 0.29) is 23.6 Å². The van der Waals surface area contributed by atoms with Crippen molar-refractivity contribution < 1.29 is 9.53 Å². The minimum absolute atomic E-state index is 0.0671. The van der Waals surface area contributed by atoms with Gasteiger partial charge in [0.25, 0.3) is 5.91 Å². The molecule has 2 heterocycles. The number of morpholine rings is 1. The minimum atomic E-state index is -0.262. The summed E-state index contributed by atoms with van der Waals surface area (Å²) in [6.45, 7) is 3.05. The maximum absolute atomic E-state index is 12.6. The van der Waals surface area contributed by atoms with Crippen LogP contribution in [-0.2, 0) is 9.53 Å². The van der Waals surface area contributed by atoms with Gasteiger partial charge in [0, 0.05) is 24.5 Å². The molecule has 1 fully saturated rings. The number of anilines is 1. The van der Waals surface area contributed by atoms with E-state index >= 15 is 0 Å². The number of aliphatic imine (C=N–C) groups is 1. The molecule has 0 bridgehead atoms. The first-order valence-corrected chi connectivity index (χ1v) is 10.2. The van der Waals surface area contributed by atoms with Crippen LogP contribution in [-0.4, -0.2) is 41.2 Å². The Kier molecular flexibility index (Phi) is 6.23. The molecule has 0 spiro atoms. The van der Waals surface area contributed by atoms with E-state index < -0.39 is 0 Å². The molecule has 8 nitrogen and oxygen atoms in total.